The standard InChI is InChI=1S/C18H19N3O2/c1-12(2)10-21-11-15(9-19-21)17-8-14-7-13(4-6-18(22)23)3-5-16(14)20-17/h3-9,11-12,20H,10H2,1-2H3,(H,22,23)/b6-4+. The second kappa shape index (κ2) is 6.12. The molecule has 0 aliphatic rings. The first-order valence-corrected chi connectivity index (χ1v) is 7.58. The highest BCUT2D eigenvalue weighted by molar-refractivity contribution is 5.90. The number of hydrogen-bond donors (Lipinski definition) is 2. The number of aliphatic carboxylic acids is 1. The molecule has 0 saturated heterocycles. The molecular formula is C18H19N3O2. The molecule has 1 aromatic carbocycles. The highest BCUT2D eigenvalue weighted by Gasteiger charge is 2.07. The quantitative estimate of drug-likeness (QED) is 0.704. The van der Waals surface area contributed by atoms with E-state index >= 15 is 0 Å². The fraction of sp³-hybridized carbons (Fsp3) is 0.222. The predicted octanol–water partition coefficient (Wildman–Crippen LogP) is 3.79. The molecule has 0 aliphatic carbocycles. The Balaban J connectivity index is 1.90. The lowest BCUT2D eigenvalue weighted by Gasteiger charge is -2.03. The number of nitrogens with one attached hydrogen (secondary N) is 1. The predicted molar refractivity (Wildman–Crippen MR) is 91.0 cm³/mol. The SMILES string of the molecule is CC(C)Cn1cc(-c2cc3cc(/C=C/C(=O)O)ccc3[nH]2)cn1. The molecule has 2 heterocycles. The van der Waals surface area contributed by atoms with Gasteiger partial charge in [-0.3, -0.25) is 4.68 Å². The Morgan fingerprint density at radius 1 is 1.39 bits per heavy atom. The van der Waals surface area contributed by atoms with Crippen molar-refractivity contribution < 1.29 is 9.90 Å². The zero-order valence-corrected chi connectivity index (χ0v) is 13.2. The number of aromatic amines is 1. The molecule has 0 bridgehead atoms. The molecule has 3 aromatic rings. The molecule has 5 heteroatoms. The van der Waals surface area contributed by atoms with Gasteiger partial charge in [0, 0.05) is 41.0 Å². The lowest BCUT2D eigenvalue weighted by Crippen LogP contribution is -2.03. The van der Waals surface area contributed by atoms with Crippen molar-refractivity contribution in [1.29, 1.82) is 0 Å². The molecule has 3 rings (SSSR count). The third kappa shape index (κ3) is 3.51. The molecule has 0 spiro atoms. The summed E-state index contributed by atoms with van der Waals surface area (Å²) in [5.41, 5.74) is 3.93. The Morgan fingerprint density at radius 3 is 2.96 bits per heavy atom. The van der Waals surface area contributed by atoms with Crippen LogP contribution in [0, 0.1) is 5.92 Å². The van der Waals surface area contributed by atoms with Gasteiger partial charge in [0.2, 0.25) is 0 Å². The van der Waals surface area contributed by atoms with Crippen LogP contribution < -0.4 is 0 Å². The topological polar surface area (TPSA) is 70.9 Å². The van der Waals surface area contributed by atoms with E-state index in [0.29, 0.717) is 5.92 Å². The molecule has 118 valence electrons. The molecule has 2 aromatic heterocycles. The summed E-state index contributed by atoms with van der Waals surface area (Å²) in [6.07, 6.45) is 6.63. The summed E-state index contributed by atoms with van der Waals surface area (Å²) in [7, 11) is 0. The fourth-order valence-electron chi connectivity index (χ4n) is 2.55. The Morgan fingerprint density at radius 2 is 2.22 bits per heavy atom. The van der Waals surface area contributed by atoms with Crippen LogP contribution in [0.25, 0.3) is 28.2 Å². The van der Waals surface area contributed by atoms with Gasteiger partial charge in [-0.25, -0.2) is 4.79 Å². The van der Waals surface area contributed by atoms with Gasteiger partial charge in [0.05, 0.1) is 6.20 Å². The van der Waals surface area contributed by atoms with Crippen LogP contribution in [-0.2, 0) is 11.3 Å². The van der Waals surface area contributed by atoms with E-state index in [1.165, 1.54) is 0 Å². The van der Waals surface area contributed by atoms with Crippen LogP contribution in [0.2, 0.25) is 0 Å². The number of carboxylic acids is 1. The van der Waals surface area contributed by atoms with Crippen molar-refractivity contribution in [1.82, 2.24) is 14.8 Å². The van der Waals surface area contributed by atoms with E-state index in [9.17, 15) is 4.79 Å². The van der Waals surface area contributed by atoms with E-state index in [4.69, 9.17) is 5.11 Å². The van der Waals surface area contributed by atoms with Crippen molar-refractivity contribution in [2.45, 2.75) is 20.4 Å². The highest BCUT2D eigenvalue weighted by atomic mass is 16.4. The number of rotatable bonds is 5. The van der Waals surface area contributed by atoms with E-state index in [2.05, 4.69) is 30.0 Å². The lowest BCUT2D eigenvalue weighted by atomic mass is 10.1. The van der Waals surface area contributed by atoms with Gasteiger partial charge < -0.3 is 10.1 Å². The molecule has 0 amide bonds. The zero-order chi connectivity index (χ0) is 16.4. The maximum absolute atomic E-state index is 10.6. The van der Waals surface area contributed by atoms with Crippen molar-refractivity contribution in [3.05, 3.63) is 48.3 Å². The van der Waals surface area contributed by atoms with Crippen LogP contribution in [-0.4, -0.2) is 25.8 Å². The maximum Gasteiger partial charge on any atom is 0.328 e. The van der Waals surface area contributed by atoms with E-state index in [1.54, 1.807) is 6.08 Å². The van der Waals surface area contributed by atoms with Crippen LogP contribution in [0.15, 0.2) is 42.7 Å². The monoisotopic (exact) mass is 309 g/mol. The zero-order valence-electron chi connectivity index (χ0n) is 13.2. The molecule has 2 N–H and O–H groups in total. The molecule has 0 atom stereocenters. The third-order valence-corrected chi connectivity index (χ3v) is 3.56. The molecule has 5 nitrogen and oxygen atoms in total. The second-order valence-corrected chi connectivity index (χ2v) is 6.05. The average Bonchev–Trinajstić information content (AvgIpc) is 3.09. The Bertz CT molecular complexity index is 871. The summed E-state index contributed by atoms with van der Waals surface area (Å²) >= 11 is 0. The molecular weight excluding hydrogens is 290 g/mol. The number of fused-ring (bicyclic) bond motifs is 1. The van der Waals surface area contributed by atoms with E-state index in [0.717, 1.165) is 40.3 Å². The number of hydrogen-bond acceptors (Lipinski definition) is 2. The van der Waals surface area contributed by atoms with Gasteiger partial charge in [-0.2, -0.15) is 5.10 Å². The molecule has 23 heavy (non-hydrogen) atoms. The summed E-state index contributed by atoms with van der Waals surface area (Å²) in [4.78, 5) is 14.0. The van der Waals surface area contributed by atoms with Crippen LogP contribution >= 0.6 is 0 Å². The molecule has 0 saturated carbocycles. The molecule has 0 unspecified atom stereocenters. The number of carbonyl (C=O) groups is 1. The Kier molecular flexibility index (Phi) is 4.02. The number of nitrogens with zero attached hydrogens (tertiary/aromatic N) is 2. The normalized spacial score (nSPS) is 11.8. The van der Waals surface area contributed by atoms with Crippen molar-refractivity contribution in [2.75, 3.05) is 0 Å². The van der Waals surface area contributed by atoms with Crippen LogP contribution in [0.5, 0.6) is 0 Å². The van der Waals surface area contributed by atoms with E-state index in [-0.39, 0.29) is 0 Å². The number of H-pyrrole nitrogens is 1. The maximum atomic E-state index is 10.6. The van der Waals surface area contributed by atoms with Crippen LogP contribution in [0.3, 0.4) is 0 Å². The minimum atomic E-state index is -0.947. The minimum Gasteiger partial charge on any atom is -0.478 e. The first kappa shape index (κ1) is 15.1. The fourth-order valence-corrected chi connectivity index (χ4v) is 2.55. The summed E-state index contributed by atoms with van der Waals surface area (Å²) in [5, 5.41) is 14.1. The van der Waals surface area contributed by atoms with Gasteiger partial charge in [-0.15, -0.1) is 0 Å². The van der Waals surface area contributed by atoms with E-state index < -0.39 is 5.97 Å². The minimum absolute atomic E-state index is 0.550. The largest absolute Gasteiger partial charge is 0.478 e. The van der Waals surface area contributed by atoms with Gasteiger partial charge in [-0.1, -0.05) is 19.9 Å². The molecule has 0 fully saturated rings. The molecule has 0 aliphatic heterocycles. The van der Waals surface area contributed by atoms with Crippen LogP contribution in [0.1, 0.15) is 19.4 Å². The summed E-state index contributed by atoms with van der Waals surface area (Å²) in [6, 6.07) is 7.88. The summed E-state index contributed by atoms with van der Waals surface area (Å²) < 4.78 is 1.95. The Hall–Kier alpha value is -2.82. The van der Waals surface area contributed by atoms with Crippen molar-refractivity contribution in [3.8, 4) is 11.3 Å². The second-order valence-electron chi connectivity index (χ2n) is 6.05. The van der Waals surface area contributed by atoms with Crippen molar-refractivity contribution in [3.63, 3.8) is 0 Å². The number of aromatic nitrogens is 3. The highest BCUT2D eigenvalue weighted by Crippen LogP contribution is 2.25. The van der Waals surface area contributed by atoms with Gasteiger partial charge in [0.1, 0.15) is 0 Å². The Labute approximate surface area is 134 Å². The lowest BCUT2D eigenvalue weighted by molar-refractivity contribution is -0.131. The van der Waals surface area contributed by atoms with Gasteiger partial charge in [-0.05, 0) is 35.8 Å². The van der Waals surface area contributed by atoms with Gasteiger partial charge >= 0.3 is 5.97 Å². The van der Waals surface area contributed by atoms with Gasteiger partial charge in [0.15, 0.2) is 0 Å². The average molecular weight is 309 g/mol. The van der Waals surface area contributed by atoms with Crippen molar-refractivity contribution in [2.24, 2.45) is 5.92 Å². The summed E-state index contributed by atoms with van der Waals surface area (Å²) in [6.45, 7) is 5.22. The number of benzene rings is 1. The van der Waals surface area contributed by atoms with Crippen LogP contribution in [0.4, 0.5) is 0 Å². The molecule has 0 radical (unpaired) electrons. The smallest absolute Gasteiger partial charge is 0.328 e. The third-order valence-electron chi connectivity index (χ3n) is 3.56. The summed E-state index contributed by atoms with van der Waals surface area (Å²) in [5.74, 6) is -0.397. The van der Waals surface area contributed by atoms with Gasteiger partial charge in [0.25, 0.3) is 0 Å². The first-order chi connectivity index (χ1) is 11.0. The van der Waals surface area contributed by atoms with Crippen molar-refractivity contribution >= 4 is 22.9 Å². The van der Waals surface area contributed by atoms with E-state index in [1.807, 2.05) is 35.3 Å². The number of carboxylic acid groups (broad SMARTS) is 1. The first-order valence-electron chi connectivity index (χ1n) is 7.58.